The first-order chi connectivity index (χ1) is 10.0. The van der Waals surface area contributed by atoms with Crippen LogP contribution in [0.1, 0.15) is 26.3 Å². The van der Waals surface area contributed by atoms with Gasteiger partial charge < -0.3 is 15.2 Å². The second-order valence-corrected chi connectivity index (χ2v) is 4.52. The fourth-order valence-electron chi connectivity index (χ4n) is 1.95. The van der Waals surface area contributed by atoms with Crippen molar-refractivity contribution in [3.05, 3.63) is 59.2 Å². The van der Waals surface area contributed by atoms with Gasteiger partial charge in [0.15, 0.2) is 0 Å². The molecule has 1 amide bonds. The number of carbonyl (C=O) groups is 2. The van der Waals surface area contributed by atoms with Crippen LogP contribution in [0.5, 0.6) is 5.75 Å². The summed E-state index contributed by atoms with van der Waals surface area (Å²) in [4.78, 5) is 23.0. The van der Waals surface area contributed by atoms with Crippen LogP contribution >= 0.6 is 0 Å². The van der Waals surface area contributed by atoms with Crippen LogP contribution in [0.25, 0.3) is 0 Å². The molecule has 2 N–H and O–H groups in total. The van der Waals surface area contributed by atoms with Crippen molar-refractivity contribution in [3.8, 4) is 5.75 Å². The third kappa shape index (κ3) is 3.39. The minimum atomic E-state index is -1.06. The van der Waals surface area contributed by atoms with Crippen molar-refractivity contribution in [1.29, 1.82) is 0 Å². The number of carboxylic acids is 1. The Morgan fingerprint density at radius 1 is 1.10 bits per heavy atom. The van der Waals surface area contributed by atoms with Gasteiger partial charge in [-0.15, -0.1) is 0 Å². The number of benzene rings is 2. The zero-order valence-electron chi connectivity index (χ0n) is 11.7. The van der Waals surface area contributed by atoms with Crippen LogP contribution in [0.2, 0.25) is 0 Å². The van der Waals surface area contributed by atoms with E-state index < -0.39 is 5.97 Å². The molecule has 0 bridgehead atoms. The Morgan fingerprint density at radius 3 is 2.43 bits per heavy atom. The Balaban J connectivity index is 2.20. The lowest BCUT2D eigenvalue weighted by Crippen LogP contribution is -2.13. The summed E-state index contributed by atoms with van der Waals surface area (Å²) in [6.45, 7) is 1.87. The van der Waals surface area contributed by atoms with Crippen LogP contribution in [0, 0.1) is 6.92 Å². The highest BCUT2D eigenvalue weighted by Gasteiger charge is 2.10. The lowest BCUT2D eigenvalue weighted by molar-refractivity contribution is 0.0697. The van der Waals surface area contributed by atoms with Gasteiger partial charge in [-0.1, -0.05) is 6.07 Å². The molecular weight excluding hydrogens is 270 g/mol. The van der Waals surface area contributed by atoms with E-state index in [0.29, 0.717) is 11.3 Å². The van der Waals surface area contributed by atoms with E-state index in [4.69, 9.17) is 9.84 Å². The molecule has 0 fully saturated rings. The number of rotatable bonds is 4. The Hall–Kier alpha value is -2.82. The smallest absolute Gasteiger partial charge is 0.335 e. The molecule has 5 heteroatoms. The number of methoxy groups -OCH3 is 1. The fourth-order valence-corrected chi connectivity index (χ4v) is 1.95. The van der Waals surface area contributed by atoms with Crippen LogP contribution in [0.3, 0.4) is 0 Å². The lowest BCUT2D eigenvalue weighted by atomic mass is 10.1. The number of nitrogens with one attached hydrogen (secondary N) is 1. The third-order valence-electron chi connectivity index (χ3n) is 3.02. The summed E-state index contributed by atoms with van der Waals surface area (Å²) in [7, 11) is 1.58. The molecule has 0 radical (unpaired) electrons. The largest absolute Gasteiger partial charge is 0.496 e. The number of aryl methyl sites for hydroxylation is 1. The van der Waals surface area contributed by atoms with E-state index in [2.05, 4.69) is 5.32 Å². The van der Waals surface area contributed by atoms with Crippen LogP contribution < -0.4 is 10.1 Å². The van der Waals surface area contributed by atoms with Gasteiger partial charge in [0.2, 0.25) is 0 Å². The Kier molecular flexibility index (Phi) is 4.23. The average Bonchev–Trinajstić information content (AvgIpc) is 2.47. The SMILES string of the molecule is COc1ccc(NC(=O)c2cccc(C(=O)O)c2)cc1C. The zero-order valence-corrected chi connectivity index (χ0v) is 11.7. The van der Waals surface area contributed by atoms with Crippen LogP contribution in [0.15, 0.2) is 42.5 Å². The van der Waals surface area contributed by atoms with Gasteiger partial charge in [-0.05, 0) is 48.9 Å². The number of ether oxygens (including phenoxy) is 1. The molecule has 0 aliphatic rings. The van der Waals surface area contributed by atoms with E-state index in [-0.39, 0.29) is 11.5 Å². The second-order valence-electron chi connectivity index (χ2n) is 4.52. The van der Waals surface area contributed by atoms with Crippen molar-refractivity contribution < 1.29 is 19.4 Å². The van der Waals surface area contributed by atoms with E-state index in [1.54, 1.807) is 31.4 Å². The molecule has 21 heavy (non-hydrogen) atoms. The average molecular weight is 285 g/mol. The number of hydrogen-bond acceptors (Lipinski definition) is 3. The summed E-state index contributed by atoms with van der Waals surface area (Å²) in [6, 6.07) is 11.2. The van der Waals surface area contributed by atoms with E-state index >= 15 is 0 Å². The van der Waals surface area contributed by atoms with Crippen molar-refractivity contribution in [2.45, 2.75) is 6.92 Å². The topological polar surface area (TPSA) is 75.6 Å². The predicted molar refractivity (Wildman–Crippen MR) is 79.1 cm³/mol. The minimum absolute atomic E-state index is 0.0774. The zero-order chi connectivity index (χ0) is 15.4. The molecule has 0 atom stereocenters. The van der Waals surface area contributed by atoms with Gasteiger partial charge in [0, 0.05) is 11.3 Å². The predicted octanol–water partition coefficient (Wildman–Crippen LogP) is 2.95. The Morgan fingerprint density at radius 2 is 1.81 bits per heavy atom. The van der Waals surface area contributed by atoms with E-state index in [1.807, 2.05) is 6.92 Å². The third-order valence-corrected chi connectivity index (χ3v) is 3.02. The molecule has 108 valence electrons. The summed E-state index contributed by atoms with van der Waals surface area (Å²) in [5, 5.41) is 11.7. The number of carbonyl (C=O) groups excluding carboxylic acids is 1. The van der Waals surface area contributed by atoms with Crippen molar-refractivity contribution in [1.82, 2.24) is 0 Å². The lowest BCUT2D eigenvalue weighted by Gasteiger charge is -2.09. The molecule has 0 aromatic heterocycles. The molecule has 0 unspecified atom stereocenters. The molecule has 2 aromatic carbocycles. The van der Waals surface area contributed by atoms with E-state index in [1.165, 1.54) is 18.2 Å². The van der Waals surface area contributed by atoms with Crippen molar-refractivity contribution >= 4 is 17.6 Å². The summed E-state index contributed by atoms with van der Waals surface area (Å²) in [6.07, 6.45) is 0. The molecule has 2 aromatic rings. The normalized spacial score (nSPS) is 10.0. The molecule has 0 aliphatic heterocycles. The summed E-state index contributed by atoms with van der Waals surface area (Å²) in [5.74, 6) is -0.687. The molecule has 0 spiro atoms. The molecule has 5 nitrogen and oxygen atoms in total. The van der Waals surface area contributed by atoms with Crippen molar-refractivity contribution in [3.63, 3.8) is 0 Å². The molecule has 2 rings (SSSR count). The number of aromatic carboxylic acids is 1. The fraction of sp³-hybridized carbons (Fsp3) is 0.125. The number of amides is 1. The van der Waals surface area contributed by atoms with Crippen molar-refractivity contribution in [2.24, 2.45) is 0 Å². The maximum atomic E-state index is 12.1. The monoisotopic (exact) mass is 285 g/mol. The van der Waals surface area contributed by atoms with Gasteiger partial charge in [-0.3, -0.25) is 4.79 Å². The highest BCUT2D eigenvalue weighted by molar-refractivity contribution is 6.05. The number of anilines is 1. The quantitative estimate of drug-likeness (QED) is 0.905. The van der Waals surface area contributed by atoms with Gasteiger partial charge >= 0.3 is 5.97 Å². The van der Waals surface area contributed by atoms with Gasteiger partial charge in [0.1, 0.15) is 5.75 Å². The van der Waals surface area contributed by atoms with Crippen LogP contribution in [-0.4, -0.2) is 24.1 Å². The second kappa shape index (κ2) is 6.09. The number of hydrogen-bond donors (Lipinski definition) is 2. The highest BCUT2D eigenvalue weighted by Crippen LogP contribution is 2.21. The standard InChI is InChI=1S/C16H15NO4/c1-10-8-13(6-7-14(10)21-2)17-15(18)11-4-3-5-12(9-11)16(19)20/h3-9H,1-2H3,(H,17,18)(H,19,20). The minimum Gasteiger partial charge on any atom is -0.496 e. The summed E-state index contributed by atoms with van der Waals surface area (Å²) >= 11 is 0. The Bertz CT molecular complexity index is 694. The summed E-state index contributed by atoms with van der Waals surface area (Å²) in [5.41, 5.74) is 1.89. The Labute approximate surface area is 122 Å². The van der Waals surface area contributed by atoms with Gasteiger partial charge in [0.05, 0.1) is 12.7 Å². The van der Waals surface area contributed by atoms with Crippen LogP contribution in [-0.2, 0) is 0 Å². The van der Waals surface area contributed by atoms with Crippen molar-refractivity contribution in [2.75, 3.05) is 12.4 Å². The number of carboxylic acid groups (broad SMARTS) is 1. The van der Waals surface area contributed by atoms with Gasteiger partial charge in [-0.25, -0.2) is 4.79 Å². The highest BCUT2D eigenvalue weighted by atomic mass is 16.5. The molecule has 0 saturated heterocycles. The first kappa shape index (κ1) is 14.6. The molecule has 0 saturated carbocycles. The molecular formula is C16H15NO4. The first-order valence-corrected chi connectivity index (χ1v) is 6.30. The maximum absolute atomic E-state index is 12.1. The maximum Gasteiger partial charge on any atom is 0.335 e. The van der Waals surface area contributed by atoms with E-state index in [9.17, 15) is 9.59 Å². The van der Waals surface area contributed by atoms with Gasteiger partial charge in [-0.2, -0.15) is 0 Å². The first-order valence-electron chi connectivity index (χ1n) is 6.30. The summed E-state index contributed by atoms with van der Waals surface area (Å²) < 4.78 is 5.15. The molecule has 0 heterocycles. The van der Waals surface area contributed by atoms with Gasteiger partial charge in [0.25, 0.3) is 5.91 Å². The van der Waals surface area contributed by atoms with E-state index in [0.717, 1.165) is 11.3 Å². The molecule has 0 aliphatic carbocycles. The van der Waals surface area contributed by atoms with Crippen LogP contribution in [0.4, 0.5) is 5.69 Å².